The maximum absolute atomic E-state index is 11.6. The van der Waals surface area contributed by atoms with Crippen LogP contribution in [0.1, 0.15) is 49.9 Å². The molecule has 0 amide bonds. The van der Waals surface area contributed by atoms with E-state index in [9.17, 15) is 9.59 Å². The van der Waals surface area contributed by atoms with Crippen LogP contribution in [0, 0.1) is 13.8 Å². The van der Waals surface area contributed by atoms with Crippen molar-refractivity contribution < 1.29 is 52.5 Å². The Hall–Kier alpha value is -1.36. The summed E-state index contributed by atoms with van der Waals surface area (Å²) in [6, 6.07) is 11.2. The first-order chi connectivity index (χ1) is 10.9. The fourth-order valence-corrected chi connectivity index (χ4v) is 2.40. The molecule has 5 heteroatoms. The number of Topliss-reactive ketones (excluding diaryl/α,β-unsaturated/α-hetero) is 1. The summed E-state index contributed by atoms with van der Waals surface area (Å²) in [5.74, 6) is -0.868. The Labute approximate surface area is 167 Å². The first kappa shape index (κ1) is 22.6. The molecule has 0 spiro atoms. The van der Waals surface area contributed by atoms with E-state index >= 15 is 0 Å². The van der Waals surface area contributed by atoms with Crippen molar-refractivity contribution in [3.05, 3.63) is 69.8 Å². The molecular weight excluding hydrogens is 381 g/mol. The van der Waals surface area contributed by atoms with Crippen LogP contribution in [0.2, 0.25) is 0 Å². The van der Waals surface area contributed by atoms with Crippen molar-refractivity contribution in [2.75, 3.05) is 7.11 Å². The van der Waals surface area contributed by atoms with Gasteiger partial charge in [-0.3, -0.25) is 4.79 Å². The number of carboxylic acids is 1. The van der Waals surface area contributed by atoms with Gasteiger partial charge in [0.15, 0.2) is 5.78 Å². The summed E-state index contributed by atoms with van der Waals surface area (Å²) in [5, 5.41) is 16.2. The number of rotatable bonds is 4. The molecule has 0 fully saturated rings. The standard InChI is InChI=1S/C18H18O3.CH4O.Y/c1-11-4-6-14(9-16(11)13(3)19)8-15-7-5-12(2)17(10-15)18(20)21;1-2;/h4-7,9-10H,8H2,1-3H3,(H,20,21);2H,1H3;. The van der Waals surface area contributed by atoms with Gasteiger partial charge in [-0.2, -0.15) is 0 Å². The molecule has 1 radical (unpaired) electrons. The van der Waals surface area contributed by atoms with Crippen LogP contribution in [-0.2, 0) is 39.1 Å². The maximum atomic E-state index is 11.6. The molecule has 2 aromatic carbocycles. The number of benzene rings is 2. The molecule has 0 saturated heterocycles. The zero-order valence-electron chi connectivity index (χ0n) is 14.5. The van der Waals surface area contributed by atoms with Crippen LogP contribution >= 0.6 is 0 Å². The van der Waals surface area contributed by atoms with Crippen LogP contribution in [0.5, 0.6) is 0 Å². The quantitative estimate of drug-likeness (QED) is 0.768. The average Bonchev–Trinajstić information content (AvgIpc) is 2.52. The van der Waals surface area contributed by atoms with Gasteiger partial charge in [-0.15, -0.1) is 0 Å². The molecule has 0 aliphatic carbocycles. The maximum Gasteiger partial charge on any atom is 0.335 e. The minimum atomic E-state index is -0.914. The van der Waals surface area contributed by atoms with Gasteiger partial charge in [0, 0.05) is 45.4 Å². The van der Waals surface area contributed by atoms with Crippen molar-refractivity contribution in [1.82, 2.24) is 0 Å². The van der Waals surface area contributed by atoms with Crippen molar-refractivity contribution in [2.24, 2.45) is 0 Å². The van der Waals surface area contributed by atoms with E-state index in [4.69, 9.17) is 10.2 Å². The number of aliphatic hydroxyl groups is 1. The zero-order chi connectivity index (χ0) is 17.6. The van der Waals surface area contributed by atoms with E-state index in [2.05, 4.69) is 0 Å². The van der Waals surface area contributed by atoms with Gasteiger partial charge in [0.2, 0.25) is 0 Å². The number of aromatic carboxylic acids is 1. The minimum absolute atomic E-state index is 0. The summed E-state index contributed by atoms with van der Waals surface area (Å²) in [6.07, 6.45) is 0.612. The number of ketones is 1. The third-order valence-corrected chi connectivity index (χ3v) is 3.62. The van der Waals surface area contributed by atoms with Crippen molar-refractivity contribution in [3.8, 4) is 0 Å². The van der Waals surface area contributed by atoms with Gasteiger partial charge in [0.25, 0.3) is 0 Å². The monoisotopic (exact) mass is 403 g/mol. The molecule has 24 heavy (non-hydrogen) atoms. The number of carbonyl (C=O) groups is 2. The van der Waals surface area contributed by atoms with Crippen LogP contribution in [0.15, 0.2) is 36.4 Å². The Balaban J connectivity index is 0.00000170. The Morgan fingerprint density at radius 3 is 1.71 bits per heavy atom. The molecule has 0 aliphatic rings. The number of hydrogen-bond acceptors (Lipinski definition) is 3. The molecule has 0 aromatic heterocycles. The van der Waals surface area contributed by atoms with E-state index in [0.29, 0.717) is 12.0 Å². The number of carbonyl (C=O) groups excluding carboxylic acids is 1. The van der Waals surface area contributed by atoms with E-state index in [1.807, 2.05) is 37.3 Å². The van der Waals surface area contributed by atoms with Crippen molar-refractivity contribution in [1.29, 1.82) is 0 Å². The minimum Gasteiger partial charge on any atom is -0.478 e. The smallest absolute Gasteiger partial charge is 0.335 e. The van der Waals surface area contributed by atoms with Crippen LogP contribution in [0.3, 0.4) is 0 Å². The van der Waals surface area contributed by atoms with Crippen LogP contribution in [0.4, 0.5) is 0 Å². The summed E-state index contributed by atoms with van der Waals surface area (Å²) in [5.41, 5.74) is 4.69. The summed E-state index contributed by atoms with van der Waals surface area (Å²) in [7, 11) is 1.00. The third-order valence-electron chi connectivity index (χ3n) is 3.62. The van der Waals surface area contributed by atoms with Crippen molar-refractivity contribution >= 4 is 11.8 Å². The van der Waals surface area contributed by atoms with Gasteiger partial charge in [0.1, 0.15) is 0 Å². The van der Waals surface area contributed by atoms with Gasteiger partial charge in [-0.25, -0.2) is 4.79 Å². The Morgan fingerprint density at radius 2 is 1.29 bits per heavy atom. The van der Waals surface area contributed by atoms with Crippen molar-refractivity contribution in [3.63, 3.8) is 0 Å². The molecule has 0 heterocycles. The van der Waals surface area contributed by atoms with Gasteiger partial charge >= 0.3 is 5.97 Å². The predicted octanol–water partition coefficient (Wildman–Crippen LogP) is 3.40. The second kappa shape index (κ2) is 10.5. The SMILES string of the molecule is CC(=O)c1cc(Cc2ccc(C)c(C(=O)O)c2)ccc1C.CO.[Y]. The number of hydrogen-bond donors (Lipinski definition) is 2. The normalized spacial score (nSPS) is 9.38. The van der Waals surface area contributed by atoms with E-state index in [-0.39, 0.29) is 38.5 Å². The summed E-state index contributed by atoms with van der Waals surface area (Å²) >= 11 is 0. The van der Waals surface area contributed by atoms with Gasteiger partial charge in [-0.05, 0) is 61.6 Å². The van der Waals surface area contributed by atoms with Gasteiger partial charge in [0.05, 0.1) is 5.56 Å². The molecule has 0 bridgehead atoms. The fourth-order valence-electron chi connectivity index (χ4n) is 2.40. The summed E-state index contributed by atoms with van der Waals surface area (Å²) in [4.78, 5) is 22.8. The van der Waals surface area contributed by atoms with E-state index in [1.54, 1.807) is 19.9 Å². The molecule has 125 valence electrons. The molecule has 0 aliphatic heterocycles. The predicted molar refractivity (Wildman–Crippen MR) is 90.3 cm³/mol. The first-order valence-corrected chi connectivity index (χ1v) is 7.26. The number of aliphatic hydroxyl groups excluding tert-OH is 1. The summed E-state index contributed by atoms with van der Waals surface area (Å²) in [6.45, 7) is 5.25. The molecule has 4 nitrogen and oxygen atoms in total. The second-order valence-electron chi connectivity index (χ2n) is 5.34. The summed E-state index contributed by atoms with van der Waals surface area (Å²) < 4.78 is 0. The second-order valence-corrected chi connectivity index (χ2v) is 5.34. The Kier molecular flexibility index (Phi) is 9.90. The Bertz CT molecular complexity index is 662. The molecule has 0 unspecified atom stereocenters. The van der Waals surface area contributed by atoms with Gasteiger partial charge in [-0.1, -0.05) is 24.3 Å². The number of aryl methyl sites for hydroxylation is 2. The van der Waals surface area contributed by atoms with E-state index < -0.39 is 5.97 Å². The molecule has 2 rings (SSSR count). The van der Waals surface area contributed by atoms with Gasteiger partial charge < -0.3 is 10.2 Å². The third kappa shape index (κ3) is 5.93. The Morgan fingerprint density at radius 1 is 0.875 bits per heavy atom. The van der Waals surface area contributed by atoms with Crippen LogP contribution in [0.25, 0.3) is 0 Å². The van der Waals surface area contributed by atoms with E-state index in [1.165, 1.54) is 0 Å². The molecule has 0 saturated carbocycles. The zero-order valence-corrected chi connectivity index (χ0v) is 17.3. The topological polar surface area (TPSA) is 74.6 Å². The largest absolute Gasteiger partial charge is 0.478 e. The first-order valence-electron chi connectivity index (χ1n) is 7.26. The molecule has 2 aromatic rings. The average molecular weight is 403 g/mol. The van der Waals surface area contributed by atoms with E-state index in [0.717, 1.165) is 34.9 Å². The molecule has 2 N–H and O–H groups in total. The number of carboxylic acid groups (broad SMARTS) is 1. The fraction of sp³-hybridized carbons (Fsp3) is 0.263. The van der Waals surface area contributed by atoms with Crippen LogP contribution < -0.4 is 0 Å². The van der Waals surface area contributed by atoms with Crippen LogP contribution in [-0.4, -0.2) is 29.1 Å². The van der Waals surface area contributed by atoms with Crippen molar-refractivity contribution in [2.45, 2.75) is 27.2 Å². The molecular formula is C19H22O4Y. The molecule has 0 atom stereocenters.